The zero-order chi connectivity index (χ0) is 16.9. The predicted molar refractivity (Wildman–Crippen MR) is 77.6 cm³/mol. The largest absolute Gasteiger partial charge is 0.416 e. The van der Waals surface area contributed by atoms with E-state index in [-0.39, 0.29) is 24.9 Å². The topological polar surface area (TPSA) is 58.6 Å². The zero-order valence-corrected chi connectivity index (χ0v) is 12.6. The molecule has 0 aromatic heterocycles. The van der Waals surface area contributed by atoms with Gasteiger partial charge in [-0.05, 0) is 37.0 Å². The lowest BCUT2D eigenvalue weighted by Gasteiger charge is -2.25. The van der Waals surface area contributed by atoms with Crippen molar-refractivity contribution in [2.75, 3.05) is 19.8 Å². The van der Waals surface area contributed by atoms with Gasteiger partial charge in [-0.15, -0.1) is 0 Å². The molecule has 1 amide bonds. The molecule has 1 aromatic rings. The molecule has 23 heavy (non-hydrogen) atoms. The van der Waals surface area contributed by atoms with Gasteiger partial charge in [-0.3, -0.25) is 4.79 Å². The standard InChI is InChI=1S/C16H20F3NO3/c17-16(18,19)13-5-1-3-11(9-13)14(6-7-21)20-15(22)12-4-2-8-23-10-12/h1,3,5,9,12,14,21H,2,4,6-8,10H2,(H,20,22). The van der Waals surface area contributed by atoms with Crippen molar-refractivity contribution in [1.82, 2.24) is 5.32 Å². The van der Waals surface area contributed by atoms with Crippen molar-refractivity contribution >= 4 is 5.91 Å². The van der Waals surface area contributed by atoms with Crippen LogP contribution in [0.4, 0.5) is 13.2 Å². The number of nitrogens with one attached hydrogen (secondary N) is 1. The van der Waals surface area contributed by atoms with Gasteiger partial charge in [0.15, 0.2) is 0 Å². The van der Waals surface area contributed by atoms with Gasteiger partial charge >= 0.3 is 6.18 Å². The molecule has 0 spiro atoms. The second kappa shape index (κ2) is 7.79. The number of aliphatic hydroxyl groups excluding tert-OH is 1. The summed E-state index contributed by atoms with van der Waals surface area (Å²) in [6, 6.07) is 4.16. The molecule has 128 valence electrons. The maximum atomic E-state index is 12.8. The first-order valence-electron chi connectivity index (χ1n) is 7.58. The van der Waals surface area contributed by atoms with Crippen molar-refractivity contribution in [3.05, 3.63) is 35.4 Å². The monoisotopic (exact) mass is 331 g/mol. The van der Waals surface area contributed by atoms with Crippen molar-refractivity contribution in [3.63, 3.8) is 0 Å². The van der Waals surface area contributed by atoms with Gasteiger partial charge in [-0.1, -0.05) is 12.1 Å². The fourth-order valence-corrected chi connectivity index (χ4v) is 2.62. The minimum Gasteiger partial charge on any atom is -0.396 e. The van der Waals surface area contributed by atoms with Crippen molar-refractivity contribution in [2.24, 2.45) is 5.92 Å². The van der Waals surface area contributed by atoms with Crippen LogP contribution in [-0.2, 0) is 15.7 Å². The van der Waals surface area contributed by atoms with Crippen LogP contribution >= 0.6 is 0 Å². The molecule has 1 aromatic carbocycles. The van der Waals surface area contributed by atoms with Crippen molar-refractivity contribution in [3.8, 4) is 0 Å². The van der Waals surface area contributed by atoms with Gasteiger partial charge in [0.2, 0.25) is 5.91 Å². The average molecular weight is 331 g/mol. The molecule has 2 unspecified atom stereocenters. The van der Waals surface area contributed by atoms with E-state index in [1.165, 1.54) is 12.1 Å². The van der Waals surface area contributed by atoms with Gasteiger partial charge in [0.05, 0.1) is 24.1 Å². The van der Waals surface area contributed by atoms with Gasteiger partial charge in [0.25, 0.3) is 0 Å². The Morgan fingerprint density at radius 1 is 1.43 bits per heavy atom. The normalized spacial score (nSPS) is 20.1. The summed E-state index contributed by atoms with van der Waals surface area (Å²) in [6.07, 6.45) is -2.81. The number of hydrogen-bond acceptors (Lipinski definition) is 3. The number of hydrogen-bond donors (Lipinski definition) is 2. The van der Waals surface area contributed by atoms with Gasteiger partial charge < -0.3 is 15.2 Å². The maximum absolute atomic E-state index is 12.8. The summed E-state index contributed by atoms with van der Waals surface area (Å²) in [5, 5.41) is 11.9. The first-order valence-corrected chi connectivity index (χ1v) is 7.58. The maximum Gasteiger partial charge on any atom is 0.416 e. The molecule has 2 rings (SSSR count). The van der Waals surface area contributed by atoms with Crippen LogP contribution in [-0.4, -0.2) is 30.8 Å². The number of benzene rings is 1. The predicted octanol–water partition coefficient (Wildman–Crippen LogP) is 2.67. The van der Waals surface area contributed by atoms with E-state index in [1.54, 1.807) is 0 Å². The quantitative estimate of drug-likeness (QED) is 0.872. The highest BCUT2D eigenvalue weighted by Crippen LogP contribution is 2.31. The Morgan fingerprint density at radius 3 is 2.83 bits per heavy atom. The molecule has 0 radical (unpaired) electrons. The summed E-state index contributed by atoms with van der Waals surface area (Å²) in [5.74, 6) is -0.545. The summed E-state index contributed by atoms with van der Waals surface area (Å²) >= 11 is 0. The lowest BCUT2D eigenvalue weighted by Crippen LogP contribution is -2.38. The molecule has 1 heterocycles. The van der Waals surface area contributed by atoms with E-state index in [0.717, 1.165) is 18.6 Å². The average Bonchev–Trinajstić information content (AvgIpc) is 2.54. The molecular weight excluding hydrogens is 311 g/mol. The van der Waals surface area contributed by atoms with E-state index >= 15 is 0 Å². The van der Waals surface area contributed by atoms with Gasteiger partial charge in [-0.25, -0.2) is 0 Å². The highest BCUT2D eigenvalue weighted by atomic mass is 19.4. The van der Waals surface area contributed by atoms with E-state index in [4.69, 9.17) is 9.84 Å². The summed E-state index contributed by atoms with van der Waals surface area (Å²) in [5.41, 5.74) is -0.438. The van der Waals surface area contributed by atoms with Crippen LogP contribution in [0, 0.1) is 5.92 Å². The number of halogens is 3. The van der Waals surface area contributed by atoms with E-state index in [2.05, 4.69) is 5.32 Å². The molecule has 2 atom stereocenters. The first kappa shape index (κ1) is 17.7. The van der Waals surface area contributed by atoms with Crippen molar-refractivity contribution in [2.45, 2.75) is 31.5 Å². The molecule has 7 heteroatoms. The molecule has 1 aliphatic heterocycles. The molecule has 1 aliphatic rings. The third-order valence-electron chi connectivity index (χ3n) is 3.88. The van der Waals surface area contributed by atoms with Crippen LogP contribution < -0.4 is 5.32 Å². The highest BCUT2D eigenvalue weighted by Gasteiger charge is 2.31. The highest BCUT2D eigenvalue weighted by molar-refractivity contribution is 5.79. The number of aliphatic hydroxyl groups is 1. The zero-order valence-electron chi connectivity index (χ0n) is 12.6. The van der Waals surface area contributed by atoms with Crippen LogP contribution in [0.1, 0.15) is 36.4 Å². The Labute approximate surface area is 132 Å². The summed E-state index contributed by atoms with van der Waals surface area (Å²) < 4.78 is 43.7. The summed E-state index contributed by atoms with van der Waals surface area (Å²) in [7, 11) is 0. The Kier molecular flexibility index (Phi) is 6.01. The van der Waals surface area contributed by atoms with Crippen LogP contribution in [0.3, 0.4) is 0 Å². The van der Waals surface area contributed by atoms with Gasteiger partial charge in [-0.2, -0.15) is 13.2 Å². The first-order chi connectivity index (χ1) is 10.9. The van der Waals surface area contributed by atoms with E-state index < -0.39 is 17.8 Å². The molecule has 1 fully saturated rings. The molecule has 0 bridgehead atoms. The fraction of sp³-hybridized carbons (Fsp3) is 0.562. The Hall–Kier alpha value is -1.60. The van der Waals surface area contributed by atoms with Crippen molar-refractivity contribution < 1.29 is 27.8 Å². The molecule has 0 saturated carbocycles. The van der Waals surface area contributed by atoms with Crippen molar-refractivity contribution in [1.29, 1.82) is 0 Å². The Balaban J connectivity index is 2.12. The van der Waals surface area contributed by atoms with Gasteiger partial charge in [0.1, 0.15) is 0 Å². The molecule has 2 N–H and O–H groups in total. The number of rotatable bonds is 5. The summed E-state index contributed by atoms with van der Waals surface area (Å²) in [4.78, 5) is 12.2. The van der Waals surface area contributed by atoms with E-state index in [0.29, 0.717) is 25.2 Å². The third-order valence-corrected chi connectivity index (χ3v) is 3.88. The number of alkyl halides is 3. The van der Waals surface area contributed by atoms with Crippen LogP contribution in [0.2, 0.25) is 0 Å². The van der Waals surface area contributed by atoms with Gasteiger partial charge in [0, 0.05) is 13.2 Å². The number of carbonyl (C=O) groups is 1. The van der Waals surface area contributed by atoms with Crippen LogP contribution in [0.25, 0.3) is 0 Å². The second-order valence-corrected chi connectivity index (χ2v) is 5.61. The second-order valence-electron chi connectivity index (χ2n) is 5.61. The molecule has 1 saturated heterocycles. The molecule has 0 aliphatic carbocycles. The summed E-state index contributed by atoms with van der Waals surface area (Å²) in [6.45, 7) is 0.708. The number of carbonyl (C=O) groups excluding carboxylic acids is 1. The fourth-order valence-electron chi connectivity index (χ4n) is 2.62. The smallest absolute Gasteiger partial charge is 0.396 e. The van der Waals surface area contributed by atoms with E-state index in [1.807, 2.05) is 0 Å². The minimum absolute atomic E-state index is 0.153. The minimum atomic E-state index is -4.44. The SMILES string of the molecule is O=C(NC(CCO)c1cccc(C(F)(F)F)c1)C1CCCOC1. The van der Waals surface area contributed by atoms with Crippen LogP contribution in [0.5, 0.6) is 0 Å². The number of ether oxygens (including phenoxy) is 1. The molecular formula is C16H20F3NO3. The Bertz CT molecular complexity index is 528. The number of amides is 1. The Morgan fingerprint density at radius 2 is 2.22 bits per heavy atom. The van der Waals surface area contributed by atoms with E-state index in [9.17, 15) is 18.0 Å². The molecule has 4 nitrogen and oxygen atoms in total. The lowest BCUT2D eigenvalue weighted by molar-refractivity contribution is -0.137. The lowest BCUT2D eigenvalue weighted by atomic mass is 9.98. The third kappa shape index (κ3) is 4.94. The van der Waals surface area contributed by atoms with Crippen LogP contribution in [0.15, 0.2) is 24.3 Å².